The molecule has 0 N–H and O–H groups in total. The molecule has 0 amide bonds. The monoisotopic (exact) mass is 467 g/mol. The molecule has 0 fully saturated rings. The highest BCUT2D eigenvalue weighted by molar-refractivity contribution is 7.17. The average Bonchev–Trinajstić information content (AvgIpc) is 3.42. The summed E-state index contributed by atoms with van der Waals surface area (Å²) in [6, 6.07) is 15.9. The van der Waals surface area contributed by atoms with Crippen molar-refractivity contribution >= 4 is 38.8 Å². The maximum absolute atomic E-state index is 12.8. The van der Waals surface area contributed by atoms with Gasteiger partial charge in [-0.2, -0.15) is 13.2 Å². The molecule has 0 atom stereocenters. The van der Waals surface area contributed by atoms with Crippen LogP contribution in [0.3, 0.4) is 0 Å². The Kier molecular flexibility index (Phi) is 5.38. The zero-order valence-electron chi connectivity index (χ0n) is 17.1. The summed E-state index contributed by atoms with van der Waals surface area (Å²) in [5.74, 6) is 0.926. The molecular formula is C25H16F3NO3S. The normalized spacial score (nSPS) is 11.8. The van der Waals surface area contributed by atoms with Gasteiger partial charge in [-0.25, -0.2) is 4.98 Å². The summed E-state index contributed by atoms with van der Waals surface area (Å²) in [7, 11) is 0. The van der Waals surface area contributed by atoms with Gasteiger partial charge in [-0.3, -0.25) is 0 Å². The van der Waals surface area contributed by atoms with Gasteiger partial charge in [-0.15, -0.1) is 11.3 Å². The van der Waals surface area contributed by atoms with E-state index in [4.69, 9.17) is 9.15 Å². The fourth-order valence-electron chi connectivity index (χ4n) is 3.61. The highest BCUT2D eigenvalue weighted by atomic mass is 32.1. The number of hydrogen-bond acceptors (Lipinski definition) is 5. The smallest absolute Gasteiger partial charge is 0.416 e. The highest BCUT2D eigenvalue weighted by Gasteiger charge is 2.30. The van der Waals surface area contributed by atoms with Crippen LogP contribution in [0.4, 0.5) is 13.2 Å². The van der Waals surface area contributed by atoms with Crippen LogP contribution in [0, 0.1) is 0 Å². The van der Waals surface area contributed by atoms with E-state index >= 15 is 0 Å². The molecular weight excluding hydrogens is 451 g/mol. The number of alkyl halides is 3. The number of aromatic nitrogens is 1. The van der Waals surface area contributed by atoms with Crippen LogP contribution in [-0.2, 0) is 24.0 Å². The topological polar surface area (TPSA) is 52.3 Å². The summed E-state index contributed by atoms with van der Waals surface area (Å²) >= 11 is 1.56. The second-order valence-corrected chi connectivity index (χ2v) is 8.35. The van der Waals surface area contributed by atoms with Crippen LogP contribution < -0.4 is 4.74 Å². The number of ether oxygens (including phenoxy) is 1. The van der Waals surface area contributed by atoms with E-state index in [9.17, 15) is 18.0 Å². The number of oxazole rings is 1. The van der Waals surface area contributed by atoms with Gasteiger partial charge in [0, 0.05) is 22.2 Å². The number of fused-ring (bicyclic) bond motifs is 2. The van der Waals surface area contributed by atoms with Crippen LogP contribution in [0.15, 0.2) is 70.5 Å². The standard InChI is InChI=1S/C25H16F3NO3S/c26-25(27,28)18-6-4-15(5-7-18)24-29-21-3-1-2-16(23(21)32-24)13-31-19-8-9-20-17(10-11-30)14-33-22(20)12-19/h1-9,11-12,14H,10,13H2. The number of thiophene rings is 1. The first-order valence-corrected chi connectivity index (χ1v) is 10.9. The molecule has 0 radical (unpaired) electrons. The molecule has 0 saturated carbocycles. The fraction of sp³-hybridized carbons (Fsp3) is 0.120. The molecule has 0 aliphatic heterocycles. The van der Waals surface area contributed by atoms with Gasteiger partial charge in [-0.1, -0.05) is 12.1 Å². The van der Waals surface area contributed by atoms with E-state index in [0.29, 0.717) is 28.8 Å². The average molecular weight is 467 g/mol. The molecule has 2 heterocycles. The van der Waals surface area contributed by atoms with Crippen LogP contribution in [0.5, 0.6) is 5.75 Å². The summed E-state index contributed by atoms with van der Waals surface area (Å²) < 4.78 is 51.4. The summed E-state index contributed by atoms with van der Waals surface area (Å²) in [6.45, 7) is 0.233. The Morgan fingerprint density at radius 3 is 2.61 bits per heavy atom. The van der Waals surface area contributed by atoms with E-state index in [2.05, 4.69) is 4.98 Å². The third-order valence-electron chi connectivity index (χ3n) is 5.28. The maximum Gasteiger partial charge on any atom is 0.416 e. The van der Waals surface area contributed by atoms with Crippen molar-refractivity contribution in [2.24, 2.45) is 0 Å². The lowest BCUT2D eigenvalue weighted by atomic mass is 10.1. The van der Waals surface area contributed by atoms with Gasteiger partial charge in [0.25, 0.3) is 0 Å². The molecule has 8 heteroatoms. The van der Waals surface area contributed by atoms with E-state index < -0.39 is 11.7 Å². The Hall–Kier alpha value is -3.65. The van der Waals surface area contributed by atoms with E-state index in [1.807, 2.05) is 35.7 Å². The molecule has 2 aromatic heterocycles. The van der Waals surface area contributed by atoms with E-state index in [1.54, 1.807) is 17.4 Å². The highest BCUT2D eigenvalue weighted by Crippen LogP contribution is 2.33. The van der Waals surface area contributed by atoms with Gasteiger partial charge in [0.05, 0.1) is 5.56 Å². The van der Waals surface area contributed by atoms with Crippen LogP contribution in [0.2, 0.25) is 0 Å². The predicted octanol–water partition coefficient (Wildman–Crippen LogP) is 7.05. The molecule has 0 bridgehead atoms. The molecule has 0 aliphatic carbocycles. The van der Waals surface area contributed by atoms with Gasteiger partial charge in [0.15, 0.2) is 5.58 Å². The number of hydrogen-bond donors (Lipinski definition) is 0. The lowest BCUT2D eigenvalue weighted by molar-refractivity contribution is -0.137. The van der Waals surface area contributed by atoms with Crippen molar-refractivity contribution in [3.05, 3.63) is 82.7 Å². The van der Waals surface area contributed by atoms with Gasteiger partial charge < -0.3 is 13.9 Å². The molecule has 3 aromatic carbocycles. The van der Waals surface area contributed by atoms with Crippen molar-refractivity contribution in [1.29, 1.82) is 0 Å². The molecule has 166 valence electrons. The third kappa shape index (κ3) is 4.21. The Morgan fingerprint density at radius 2 is 1.85 bits per heavy atom. The summed E-state index contributed by atoms with van der Waals surface area (Å²) in [6.07, 6.45) is -3.12. The number of aldehydes is 1. The summed E-state index contributed by atoms with van der Waals surface area (Å²) in [5.41, 5.74) is 2.62. The van der Waals surface area contributed by atoms with Crippen molar-refractivity contribution in [2.45, 2.75) is 19.2 Å². The fourth-order valence-corrected chi connectivity index (χ4v) is 4.61. The number of para-hydroxylation sites is 1. The maximum atomic E-state index is 12.8. The Balaban J connectivity index is 1.38. The number of carbonyl (C=O) groups is 1. The Labute approximate surface area is 190 Å². The Morgan fingerprint density at radius 1 is 1.03 bits per heavy atom. The minimum Gasteiger partial charge on any atom is -0.489 e. The van der Waals surface area contributed by atoms with Gasteiger partial charge >= 0.3 is 6.18 Å². The summed E-state index contributed by atoms with van der Waals surface area (Å²) in [4.78, 5) is 15.2. The zero-order chi connectivity index (χ0) is 23.0. The van der Waals surface area contributed by atoms with Crippen molar-refractivity contribution in [3.63, 3.8) is 0 Å². The molecule has 0 unspecified atom stereocenters. The summed E-state index contributed by atoms with van der Waals surface area (Å²) in [5, 5.41) is 3.01. The number of carbonyl (C=O) groups excluding carboxylic acids is 1. The van der Waals surface area contributed by atoms with E-state index in [-0.39, 0.29) is 12.5 Å². The molecule has 5 rings (SSSR count). The van der Waals surface area contributed by atoms with Gasteiger partial charge in [-0.05, 0) is 64.9 Å². The zero-order valence-corrected chi connectivity index (χ0v) is 17.9. The molecule has 0 spiro atoms. The second kappa shape index (κ2) is 8.37. The largest absolute Gasteiger partial charge is 0.489 e. The molecule has 4 nitrogen and oxygen atoms in total. The van der Waals surface area contributed by atoms with Crippen molar-refractivity contribution in [2.75, 3.05) is 0 Å². The number of halogens is 3. The van der Waals surface area contributed by atoms with E-state index in [1.165, 1.54) is 12.1 Å². The predicted molar refractivity (Wildman–Crippen MR) is 120 cm³/mol. The van der Waals surface area contributed by atoms with Gasteiger partial charge in [0.2, 0.25) is 5.89 Å². The van der Waals surface area contributed by atoms with Gasteiger partial charge in [0.1, 0.15) is 24.2 Å². The molecule has 5 aromatic rings. The third-order valence-corrected chi connectivity index (χ3v) is 6.27. The lowest BCUT2D eigenvalue weighted by Gasteiger charge is -2.07. The lowest BCUT2D eigenvalue weighted by Crippen LogP contribution is -2.03. The number of benzene rings is 3. The minimum absolute atomic E-state index is 0.233. The minimum atomic E-state index is -4.40. The molecule has 33 heavy (non-hydrogen) atoms. The first-order valence-electron chi connectivity index (χ1n) is 10.0. The molecule has 0 saturated heterocycles. The second-order valence-electron chi connectivity index (χ2n) is 7.44. The van der Waals surface area contributed by atoms with Crippen molar-refractivity contribution in [3.8, 4) is 17.2 Å². The van der Waals surface area contributed by atoms with Crippen molar-refractivity contribution < 1.29 is 27.1 Å². The Bertz CT molecular complexity index is 1450. The van der Waals surface area contributed by atoms with Crippen LogP contribution >= 0.6 is 11.3 Å². The first kappa shape index (κ1) is 21.2. The van der Waals surface area contributed by atoms with Crippen LogP contribution in [-0.4, -0.2) is 11.3 Å². The van der Waals surface area contributed by atoms with Crippen molar-refractivity contribution in [1.82, 2.24) is 4.98 Å². The SMILES string of the molecule is O=CCc1csc2cc(OCc3cccc4nc(-c5ccc(C(F)(F)F)cc5)oc34)ccc12. The quantitative estimate of drug-likeness (QED) is 0.251. The van der Waals surface area contributed by atoms with Crippen LogP contribution in [0.1, 0.15) is 16.7 Å². The number of nitrogens with zero attached hydrogens (tertiary/aromatic N) is 1. The first-order chi connectivity index (χ1) is 15.9. The van der Waals surface area contributed by atoms with Crippen LogP contribution in [0.25, 0.3) is 32.6 Å². The number of rotatable bonds is 6. The van der Waals surface area contributed by atoms with E-state index in [0.717, 1.165) is 39.6 Å². The molecule has 0 aliphatic rings.